The van der Waals surface area contributed by atoms with Gasteiger partial charge in [0.2, 0.25) is 5.91 Å². The first-order chi connectivity index (χ1) is 23.2. The second-order valence-electron chi connectivity index (χ2n) is 15.4. The third kappa shape index (κ3) is 14.5. The number of unbranched alkanes of at least 4 members (excludes halogenated alkanes) is 1. The maximum Gasteiger partial charge on any atom is 0.310 e. The molecule has 1 unspecified atom stereocenters. The van der Waals surface area contributed by atoms with Crippen LogP contribution in [0.3, 0.4) is 0 Å². The van der Waals surface area contributed by atoms with Crippen molar-refractivity contribution < 1.29 is 18.8 Å². The van der Waals surface area contributed by atoms with E-state index in [4.69, 9.17) is 9.16 Å². The molecule has 1 radical (unpaired) electrons. The van der Waals surface area contributed by atoms with Gasteiger partial charge >= 0.3 is 5.97 Å². The van der Waals surface area contributed by atoms with Crippen LogP contribution >= 0.6 is 0 Å². The lowest BCUT2D eigenvalue weighted by Crippen LogP contribution is -2.49. The van der Waals surface area contributed by atoms with Gasteiger partial charge in [0.05, 0.1) is 17.9 Å². The van der Waals surface area contributed by atoms with E-state index in [-0.39, 0.29) is 29.3 Å². The average molecular weight is 684 g/mol. The minimum Gasteiger partial charge on any atom is -0.460 e. The first-order valence-corrected chi connectivity index (χ1v) is 19.3. The number of allylic oxidation sites excluding steroid dienone is 1. The molecular formula is C42H59N2O4Si. The highest BCUT2D eigenvalue weighted by molar-refractivity contribution is 6.80. The molecule has 3 rings (SSSR count). The number of carbonyl (C=O) groups is 2. The lowest BCUT2D eigenvalue weighted by atomic mass is 9.82. The van der Waals surface area contributed by atoms with Gasteiger partial charge in [0, 0.05) is 6.54 Å². The average Bonchev–Trinajstić information content (AvgIpc) is 3.05. The third-order valence-corrected chi connectivity index (χ3v) is 10.5. The van der Waals surface area contributed by atoms with Crippen LogP contribution in [0, 0.1) is 23.2 Å². The smallest absolute Gasteiger partial charge is 0.310 e. The minimum atomic E-state index is -1.42. The second-order valence-corrected chi connectivity index (χ2v) is 17.4. The van der Waals surface area contributed by atoms with Crippen LogP contribution in [0.2, 0.25) is 0 Å². The van der Waals surface area contributed by atoms with E-state index in [0.717, 1.165) is 24.8 Å². The molecule has 2 N–H and O–H groups in total. The molecular weight excluding hydrogens is 625 g/mol. The molecule has 3 aromatic carbocycles. The van der Waals surface area contributed by atoms with Gasteiger partial charge in [0.15, 0.2) is 0 Å². The van der Waals surface area contributed by atoms with Crippen molar-refractivity contribution in [2.45, 2.75) is 99.2 Å². The summed E-state index contributed by atoms with van der Waals surface area (Å²) in [7, 11) is -1.42. The first kappa shape index (κ1) is 39.9. The Morgan fingerprint density at radius 2 is 1.33 bits per heavy atom. The van der Waals surface area contributed by atoms with Crippen molar-refractivity contribution in [1.29, 1.82) is 0 Å². The molecule has 1 amide bonds. The predicted octanol–water partition coefficient (Wildman–Crippen LogP) is 7.74. The van der Waals surface area contributed by atoms with Crippen LogP contribution in [-0.2, 0) is 18.8 Å². The first-order valence-electron chi connectivity index (χ1n) is 17.9. The van der Waals surface area contributed by atoms with Gasteiger partial charge in [-0.3, -0.25) is 15.0 Å². The molecule has 0 spiro atoms. The molecule has 49 heavy (non-hydrogen) atoms. The fraction of sp³-hybridized carbons (Fsp3) is 0.476. The Morgan fingerprint density at radius 3 is 1.84 bits per heavy atom. The van der Waals surface area contributed by atoms with Crippen molar-refractivity contribution in [1.82, 2.24) is 10.9 Å². The van der Waals surface area contributed by atoms with Gasteiger partial charge < -0.3 is 9.16 Å². The summed E-state index contributed by atoms with van der Waals surface area (Å²) in [4.78, 5) is 27.1. The number of esters is 1. The molecule has 0 saturated heterocycles. The van der Waals surface area contributed by atoms with Crippen LogP contribution in [0.15, 0.2) is 97.1 Å². The van der Waals surface area contributed by atoms with Gasteiger partial charge in [-0.1, -0.05) is 138 Å². The number of nitrogens with one attached hydrogen (secondary N) is 2. The summed E-state index contributed by atoms with van der Waals surface area (Å²) in [6.45, 7) is 17.1. The Kier molecular flexibility index (Phi) is 16.0. The number of amides is 1. The molecule has 0 saturated carbocycles. The molecule has 265 valence electrons. The Balaban J connectivity index is 1.61. The number of benzene rings is 3. The summed E-state index contributed by atoms with van der Waals surface area (Å²) < 4.78 is 12.8. The van der Waals surface area contributed by atoms with Crippen molar-refractivity contribution >= 4 is 37.4 Å². The number of hydrogen-bond acceptors (Lipinski definition) is 5. The Morgan fingerprint density at radius 1 is 0.776 bits per heavy atom. The highest BCUT2D eigenvalue weighted by Gasteiger charge is 2.36. The van der Waals surface area contributed by atoms with Crippen LogP contribution in [0.5, 0.6) is 0 Å². The standard InChI is InChI=1S/C42H59N2O4Si/c1-32(2)31-37(36(40(46)47-42(6,7)8)28-20-23-33-21-12-9-13-22-33)39(45)44-43-30-19-18-29-38(41(3,4)5)48-49(34-24-14-10-15-25-34)35-26-16-11-17-27-35/h9-17,20-27,32,36-38,43H,18-19,28-31H2,1-8H3,(H,44,45)/b23-20+/t36-,37+,38?/m0/s1. The maximum absolute atomic E-state index is 13.7. The molecule has 3 atom stereocenters. The molecule has 0 aliphatic carbocycles. The fourth-order valence-corrected chi connectivity index (χ4v) is 8.11. The van der Waals surface area contributed by atoms with Gasteiger partial charge in [0.25, 0.3) is 9.04 Å². The minimum absolute atomic E-state index is 0.0309. The molecule has 0 aliphatic rings. The Hall–Kier alpha value is -3.52. The SMILES string of the molecule is CC(C)C[C@@H](C(=O)NNCCCCC(O[Si](c1ccccc1)c1ccccc1)C(C)(C)C)[C@H](C/C=C/c1ccccc1)C(=O)OC(C)(C)C. The highest BCUT2D eigenvalue weighted by atomic mass is 28.3. The normalized spacial score (nSPS) is 14.2. The van der Waals surface area contributed by atoms with Gasteiger partial charge in [-0.25, -0.2) is 5.43 Å². The van der Waals surface area contributed by atoms with E-state index in [9.17, 15) is 9.59 Å². The molecule has 0 heterocycles. The van der Waals surface area contributed by atoms with E-state index in [1.165, 1.54) is 10.4 Å². The van der Waals surface area contributed by atoms with Crippen LogP contribution in [-0.4, -0.2) is 39.2 Å². The van der Waals surface area contributed by atoms with Gasteiger partial charge in [-0.2, -0.15) is 0 Å². The summed E-state index contributed by atoms with van der Waals surface area (Å²) in [5, 5.41) is 2.49. The molecule has 0 bridgehead atoms. The molecule has 3 aromatic rings. The molecule has 0 aliphatic heterocycles. The van der Waals surface area contributed by atoms with Crippen LogP contribution < -0.4 is 21.2 Å². The molecule has 0 aromatic heterocycles. The summed E-state index contributed by atoms with van der Waals surface area (Å²) >= 11 is 0. The van der Waals surface area contributed by atoms with Crippen molar-refractivity contribution in [2.75, 3.05) is 6.54 Å². The van der Waals surface area contributed by atoms with E-state index in [2.05, 4.69) is 94.0 Å². The van der Waals surface area contributed by atoms with E-state index in [1.807, 2.05) is 75.4 Å². The summed E-state index contributed by atoms with van der Waals surface area (Å²) in [6, 6.07) is 31.1. The van der Waals surface area contributed by atoms with Crippen molar-refractivity contribution in [3.05, 3.63) is 103 Å². The number of carbonyl (C=O) groups excluding carboxylic acids is 2. The van der Waals surface area contributed by atoms with Crippen LogP contribution in [0.4, 0.5) is 0 Å². The summed E-state index contributed by atoms with van der Waals surface area (Å²) in [6.07, 6.45) is 7.78. The zero-order chi connectivity index (χ0) is 35.9. The van der Waals surface area contributed by atoms with E-state index < -0.39 is 26.5 Å². The maximum atomic E-state index is 13.7. The van der Waals surface area contributed by atoms with Gasteiger partial charge in [-0.05, 0) is 80.1 Å². The third-order valence-electron chi connectivity index (χ3n) is 8.28. The summed E-state index contributed by atoms with van der Waals surface area (Å²) in [5.74, 6) is -1.42. The topological polar surface area (TPSA) is 76.7 Å². The molecule has 7 heteroatoms. The van der Waals surface area contributed by atoms with E-state index in [1.54, 1.807) is 0 Å². The monoisotopic (exact) mass is 683 g/mol. The number of ether oxygens (including phenoxy) is 1. The summed E-state index contributed by atoms with van der Waals surface area (Å²) in [5.41, 5.74) is 6.48. The second kappa shape index (κ2) is 19.6. The van der Waals surface area contributed by atoms with Crippen LogP contribution in [0.25, 0.3) is 6.08 Å². The largest absolute Gasteiger partial charge is 0.460 e. The lowest BCUT2D eigenvalue weighted by Gasteiger charge is -2.34. The number of hydrogen-bond donors (Lipinski definition) is 2. The molecule has 6 nitrogen and oxygen atoms in total. The predicted molar refractivity (Wildman–Crippen MR) is 205 cm³/mol. The van der Waals surface area contributed by atoms with Gasteiger partial charge in [0.1, 0.15) is 5.60 Å². The zero-order valence-corrected chi connectivity index (χ0v) is 32.0. The van der Waals surface area contributed by atoms with E-state index >= 15 is 0 Å². The van der Waals surface area contributed by atoms with Crippen molar-refractivity contribution in [3.8, 4) is 0 Å². The highest BCUT2D eigenvalue weighted by Crippen LogP contribution is 2.29. The van der Waals surface area contributed by atoms with Crippen molar-refractivity contribution in [2.24, 2.45) is 23.2 Å². The lowest BCUT2D eigenvalue weighted by molar-refractivity contribution is -0.164. The zero-order valence-electron chi connectivity index (χ0n) is 31.0. The van der Waals surface area contributed by atoms with Gasteiger partial charge in [-0.15, -0.1) is 0 Å². The molecule has 0 fully saturated rings. The number of hydrazine groups is 1. The Bertz CT molecular complexity index is 1380. The fourth-order valence-electron chi connectivity index (χ4n) is 5.76. The number of rotatable bonds is 18. The van der Waals surface area contributed by atoms with E-state index in [0.29, 0.717) is 19.4 Å². The van der Waals surface area contributed by atoms with Crippen molar-refractivity contribution in [3.63, 3.8) is 0 Å². The Labute approximate surface area is 297 Å². The van der Waals surface area contributed by atoms with Crippen LogP contribution in [0.1, 0.15) is 93.1 Å². The quantitative estimate of drug-likeness (QED) is 0.0621.